The second-order valence-electron chi connectivity index (χ2n) is 6.43. The maximum atomic E-state index is 13.0. The summed E-state index contributed by atoms with van der Waals surface area (Å²) in [5.74, 6) is -0.276. The van der Waals surface area contributed by atoms with Crippen molar-refractivity contribution in [3.8, 4) is 0 Å². The lowest BCUT2D eigenvalue weighted by molar-refractivity contribution is 0.0489. The van der Waals surface area contributed by atoms with Crippen molar-refractivity contribution >= 4 is 27.5 Å². The highest BCUT2D eigenvalue weighted by molar-refractivity contribution is 7.89. The van der Waals surface area contributed by atoms with Gasteiger partial charge in [-0.3, -0.25) is 9.89 Å². The summed E-state index contributed by atoms with van der Waals surface area (Å²) >= 11 is 5.93. The van der Waals surface area contributed by atoms with Crippen molar-refractivity contribution in [1.82, 2.24) is 24.6 Å². The number of aromatic amines is 1. The molecule has 1 aromatic carbocycles. The first-order valence-electron chi connectivity index (χ1n) is 7.66. The number of rotatable bonds is 3. The molecule has 2 aromatic rings. The van der Waals surface area contributed by atoms with Crippen LogP contribution in [-0.4, -0.2) is 64.1 Å². The first-order valence-corrected chi connectivity index (χ1v) is 9.48. The van der Waals surface area contributed by atoms with Gasteiger partial charge in [-0.25, -0.2) is 8.42 Å². The van der Waals surface area contributed by atoms with Gasteiger partial charge in [0.2, 0.25) is 10.0 Å². The zero-order valence-electron chi connectivity index (χ0n) is 13.8. The lowest BCUT2D eigenvalue weighted by Crippen LogP contribution is -2.61. The number of nitrogens with zero attached hydrogens (tertiary/aromatic N) is 4. The first-order chi connectivity index (χ1) is 11.7. The summed E-state index contributed by atoms with van der Waals surface area (Å²) < 4.78 is 27.4. The third-order valence-electron chi connectivity index (χ3n) is 4.13. The zero-order valence-corrected chi connectivity index (χ0v) is 15.4. The van der Waals surface area contributed by atoms with E-state index >= 15 is 0 Å². The number of carbonyl (C=O) groups is 1. The predicted octanol–water partition coefficient (Wildman–Crippen LogP) is 1.38. The molecule has 1 fully saturated rings. The maximum absolute atomic E-state index is 13.0. The van der Waals surface area contributed by atoms with E-state index in [1.54, 1.807) is 30.9 Å². The summed E-state index contributed by atoms with van der Waals surface area (Å²) in [4.78, 5) is 14.2. The van der Waals surface area contributed by atoms with Crippen LogP contribution < -0.4 is 0 Å². The molecule has 0 atom stereocenters. The van der Waals surface area contributed by atoms with Crippen LogP contribution in [0.25, 0.3) is 0 Å². The van der Waals surface area contributed by atoms with Gasteiger partial charge in [-0.1, -0.05) is 22.9 Å². The van der Waals surface area contributed by atoms with Gasteiger partial charge in [0.15, 0.2) is 5.69 Å². The second-order valence-corrected chi connectivity index (χ2v) is 8.73. The third kappa shape index (κ3) is 3.39. The highest BCUT2D eigenvalue weighted by atomic mass is 35.5. The predicted molar refractivity (Wildman–Crippen MR) is 91.7 cm³/mol. The number of hydrogen-bond donors (Lipinski definition) is 1. The van der Waals surface area contributed by atoms with Crippen LogP contribution in [0, 0.1) is 0 Å². The molecule has 0 bridgehead atoms. The van der Waals surface area contributed by atoms with Crippen LogP contribution in [0.15, 0.2) is 35.4 Å². The molecule has 1 saturated heterocycles. The second kappa shape index (κ2) is 6.40. The van der Waals surface area contributed by atoms with Crippen LogP contribution in [0.4, 0.5) is 0 Å². The Labute approximate surface area is 150 Å². The van der Waals surface area contributed by atoms with E-state index in [-0.39, 0.29) is 36.1 Å². The van der Waals surface area contributed by atoms with Crippen molar-refractivity contribution in [3.63, 3.8) is 0 Å². The van der Waals surface area contributed by atoms with Gasteiger partial charge in [0.05, 0.1) is 11.1 Å². The Hall–Kier alpha value is -1.97. The normalized spacial score (nSPS) is 18.3. The Morgan fingerprint density at radius 3 is 2.68 bits per heavy atom. The van der Waals surface area contributed by atoms with Gasteiger partial charge >= 0.3 is 0 Å². The highest BCUT2D eigenvalue weighted by Gasteiger charge is 2.43. The Morgan fingerprint density at radius 1 is 1.32 bits per heavy atom. The van der Waals surface area contributed by atoms with Crippen LogP contribution in [0.1, 0.15) is 24.3 Å². The number of aromatic nitrogens is 3. The highest BCUT2D eigenvalue weighted by Crippen LogP contribution is 2.29. The van der Waals surface area contributed by atoms with Gasteiger partial charge in [-0.2, -0.15) is 4.31 Å². The van der Waals surface area contributed by atoms with Crippen molar-refractivity contribution in [2.24, 2.45) is 0 Å². The summed E-state index contributed by atoms with van der Waals surface area (Å²) in [5.41, 5.74) is -0.569. The minimum Gasteiger partial charge on any atom is -0.334 e. The molecule has 1 aliphatic heterocycles. The number of carbonyl (C=O) groups excluding carboxylic acids is 1. The van der Waals surface area contributed by atoms with E-state index < -0.39 is 15.6 Å². The average Bonchev–Trinajstić information content (AvgIpc) is 3.07. The van der Waals surface area contributed by atoms with Gasteiger partial charge < -0.3 is 4.90 Å². The third-order valence-corrected chi connectivity index (χ3v) is 6.47. The SMILES string of the molecule is CC1(C)CN(C(=O)c2c[nH]nn2)CCN1S(=O)(=O)c1cccc(Cl)c1. The monoisotopic (exact) mass is 383 g/mol. The van der Waals surface area contributed by atoms with Crippen molar-refractivity contribution in [2.45, 2.75) is 24.3 Å². The van der Waals surface area contributed by atoms with Crippen molar-refractivity contribution in [3.05, 3.63) is 41.2 Å². The molecule has 1 amide bonds. The summed E-state index contributed by atoms with van der Waals surface area (Å²) in [7, 11) is -3.72. The molecule has 134 valence electrons. The number of H-pyrrole nitrogens is 1. The van der Waals surface area contributed by atoms with E-state index in [1.165, 1.54) is 22.6 Å². The Kier molecular flexibility index (Phi) is 4.56. The summed E-state index contributed by atoms with van der Waals surface area (Å²) in [6.07, 6.45) is 1.42. The van der Waals surface area contributed by atoms with Gasteiger partial charge in [0.25, 0.3) is 5.91 Å². The number of halogens is 1. The topological polar surface area (TPSA) is 99.3 Å². The zero-order chi connectivity index (χ0) is 18.2. The average molecular weight is 384 g/mol. The van der Waals surface area contributed by atoms with E-state index in [9.17, 15) is 13.2 Å². The number of nitrogens with one attached hydrogen (secondary N) is 1. The molecule has 1 aliphatic rings. The molecule has 1 aromatic heterocycles. The standard InChI is InChI=1S/C15H18ClN5O3S/c1-15(2)10-20(14(22)13-9-17-19-18-13)6-7-21(15)25(23,24)12-5-3-4-11(16)8-12/h3-5,8-9H,6-7,10H2,1-2H3,(H,17,18,19). The summed E-state index contributed by atoms with van der Waals surface area (Å²) in [6, 6.07) is 6.18. The Balaban J connectivity index is 1.85. The molecular formula is C15H18ClN5O3S. The number of piperazine rings is 1. The number of benzene rings is 1. The lowest BCUT2D eigenvalue weighted by Gasteiger charge is -2.45. The quantitative estimate of drug-likeness (QED) is 0.863. The van der Waals surface area contributed by atoms with Gasteiger partial charge in [-0.05, 0) is 32.0 Å². The number of sulfonamides is 1. The molecule has 8 nitrogen and oxygen atoms in total. The largest absolute Gasteiger partial charge is 0.334 e. The van der Waals surface area contributed by atoms with E-state index in [1.807, 2.05) is 0 Å². The smallest absolute Gasteiger partial charge is 0.276 e. The van der Waals surface area contributed by atoms with Crippen LogP contribution in [0.2, 0.25) is 5.02 Å². The summed E-state index contributed by atoms with van der Waals surface area (Å²) in [5, 5.41) is 10.1. The van der Waals surface area contributed by atoms with E-state index in [4.69, 9.17) is 11.6 Å². The lowest BCUT2D eigenvalue weighted by atomic mass is 10.0. The van der Waals surface area contributed by atoms with Crippen LogP contribution in [0.5, 0.6) is 0 Å². The molecule has 0 radical (unpaired) electrons. The van der Waals surface area contributed by atoms with Crippen molar-refractivity contribution in [1.29, 1.82) is 0 Å². The van der Waals surface area contributed by atoms with Crippen LogP contribution in [-0.2, 0) is 10.0 Å². The molecule has 2 heterocycles. The molecule has 0 aliphatic carbocycles. The first kappa shape index (κ1) is 17.8. The molecule has 3 rings (SSSR count). The molecule has 0 unspecified atom stereocenters. The summed E-state index contributed by atoms with van der Waals surface area (Å²) in [6.45, 7) is 4.29. The fourth-order valence-corrected chi connectivity index (χ4v) is 5.05. The Morgan fingerprint density at radius 2 is 2.08 bits per heavy atom. The number of hydrogen-bond acceptors (Lipinski definition) is 5. The van der Waals surface area contributed by atoms with Gasteiger partial charge in [0, 0.05) is 30.2 Å². The van der Waals surface area contributed by atoms with Crippen molar-refractivity contribution in [2.75, 3.05) is 19.6 Å². The van der Waals surface area contributed by atoms with Crippen molar-refractivity contribution < 1.29 is 13.2 Å². The van der Waals surface area contributed by atoms with E-state index in [2.05, 4.69) is 15.4 Å². The molecule has 25 heavy (non-hydrogen) atoms. The van der Waals surface area contributed by atoms with E-state index in [0.717, 1.165) is 0 Å². The molecule has 10 heteroatoms. The Bertz CT molecular complexity index is 882. The fourth-order valence-electron chi connectivity index (χ4n) is 2.98. The number of amides is 1. The minimum absolute atomic E-state index is 0.143. The van der Waals surface area contributed by atoms with Gasteiger partial charge in [-0.15, -0.1) is 5.10 Å². The van der Waals surface area contributed by atoms with E-state index in [0.29, 0.717) is 5.02 Å². The molecule has 0 saturated carbocycles. The maximum Gasteiger partial charge on any atom is 0.276 e. The fraction of sp³-hybridized carbons (Fsp3) is 0.400. The van der Waals surface area contributed by atoms with Crippen LogP contribution >= 0.6 is 11.6 Å². The molecule has 1 N–H and O–H groups in total. The minimum atomic E-state index is -3.72. The molecule has 0 spiro atoms. The van der Waals surface area contributed by atoms with Crippen LogP contribution in [0.3, 0.4) is 0 Å². The van der Waals surface area contributed by atoms with Gasteiger partial charge in [0.1, 0.15) is 0 Å². The molecular weight excluding hydrogens is 366 g/mol.